The van der Waals surface area contributed by atoms with E-state index in [1.54, 1.807) is 24.5 Å². The summed E-state index contributed by atoms with van der Waals surface area (Å²) in [5, 5.41) is 3.84. The number of aromatic amines is 1. The lowest BCUT2D eigenvalue weighted by atomic mass is 10.1. The first-order valence-corrected chi connectivity index (χ1v) is 7.32. The molecule has 0 spiro atoms. The topological polar surface area (TPSA) is 74.8 Å². The summed E-state index contributed by atoms with van der Waals surface area (Å²) in [5.74, 6) is -0.194. The Morgan fingerprint density at radius 1 is 1.09 bits per heavy atom. The van der Waals surface area contributed by atoms with Crippen molar-refractivity contribution in [2.24, 2.45) is 0 Å². The summed E-state index contributed by atoms with van der Waals surface area (Å²) in [6.45, 7) is 5.65. The van der Waals surface area contributed by atoms with E-state index in [-0.39, 0.29) is 11.5 Å². The minimum absolute atomic E-state index is 0.128. The summed E-state index contributed by atoms with van der Waals surface area (Å²) in [6.07, 6.45) is 3.22. The number of nitrogens with one attached hydrogen (secondary N) is 2. The van der Waals surface area contributed by atoms with Gasteiger partial charge in [-0.25, -0.2) is 0 Å². The van der Waals surface area contributed by atoms with E-state index in [2.05, 4.69) is 15.3 Å². The monoisotopic (exact) mass is 307 g/mol. The van der Waals surface area contributed by atoms with Gasteiger partial charge in [0.1, 0.15) is 0 Å². The Kier molecular flexibility index (Phi) is 3.70. The molecule has 3 aromatic rings. The Balaban J connectivity index is 2.04. The smallest absolute Gasteiger partial charge is 0.257 e. The van der Waals surface area contributed by atoms with Crippen LogP contribution in [0.3, 0.4) is 0 Å². The number of rotatable bonds is 2. The van der Waals surface area contributed by atoms with Gasteiger partial charge in [-0.05, 0) is 55.7 Å². The van der Waals surface area contributed by atoms with Crippen LogP contribution in [-0.2, 0) is 0 Å². The second kappa shape index (κ2) is 5.68. The molecule has 3 rings (SSSR count). The molecule has 2 heterocycles. The number of carbonyl (C=O) groups is 1. The highest BCUT2D eigenvalue weighted by Gasteiger charge is 2.12. The van der Waals surface area contributed by atoms with Crippen LogP contribution in [0.15, 0.2) is 41.5 Å². The summed E-state index contributed by atoms with van der Waals surface area (Å²) >= 11 is 0. The van der Waals surface area contributed by atoms with Gasteiger partial charge in [-0.3, -0.25) is 14.6 Å². The number of nitrogens with zero attached hydrogens (tertiary/aromatic N) is 1. The standard InChI is InChI=1S/C18H17N3O2/c1-10-4-5-19-9-14(10)18(23)21-15-8-13-11(2)7-17(22)20-16(13)6-12(15)3/h4-9H,1-3H3,(H,20,22)(H,21,23). The van der Waals surface area contributed by atoms with E-state index in [9.17, 15) is 9.59 Å². The Bertz CT molecular complexity index is 974. The minimum atomic E-state index is -0.194. The lowest BCUT2D eigenvalue weighted by molar-refractivity contribution is 0.102. The molecule has 0 bridgehead atoms. The average molecular weight is 307 g/mol. The number of carbonyl (C=O) groups excluding carboxylic acids is 1. The Labute approximate surface area is 133 Å². The highest BCUT2D eigenvalue weighted by Crippen LogP contribution is 2.24. The molecule has 23 heavy (non-hydrogen) atoms. The molecule has 2 N–H and O–H groups in total. The van der Waals surface area contributed by atoms with Gasteiger partial charge in [0.2, 0.25) is 5.56 Å². The molecular formula is C18H17N3O2. The molecule has 0 aliphatic carbocycles. The summed E-state index contributed by atoms with van der Waals surface area (Å²) in [6, 6.07) is 7.11. The zero-order valence-electron chi connectivity index (χ0n) is 13.2. The summed E-state index contributed by atoms with van der Waals surface area (Å²) in [5.41, 5.74) is 4.54. The van der Waals surface area contributed by atoms with Crippen molar-refractivity contribution in [3.63, 3.8) is 0 Å². The van der Waals surface area contributed by atoms with Crippen molar-refractivity contribution in [1.82, 2.24) is 9.97 Å². The fourth-order valence-electron chi connectivity index (χ4n) is 2.61. The maximum atomic E-state index is 12.5. The molecular weight excluding hydrogens is 290 g/mol. The molecule has 0 saturated carbocycles. The molecule has 0 unspecified atom stereocenters. The summed E-state index contributed by atoms with van der Waals surface area (Å²) in [7, 11) is 0. The molecule has 5 heteroatoms. The van der Waals surface area contributed by atoms with E-state index < -0.39 is 0 Å². The second-order valence-corrected chi connectivity index (χ2v) is 5.67. The fraction of sp³-hybridized carbons (Fsp3) is 0.167. The number of amides is 1. The largest absolute Gasteiger partial charge is 0.322 e. The van der Waals surface area contributed by atoms with Crippen molar-refractivity contribution in [1.29, 1.82) is 0 Å². The highest BCUT2D eigenvalue weighted by atomic mass is 16.1. The van der Waals surface area contributed by atoms with Gasteiger partial charge >= 0.3 is 0 Å². The van der Waals surface area contributed by atoms with Crippen LogP contribution < -0.4 is 10.9 Å². The predicted octanol–water partition coefficient (Wildman–Crippen LogP) is 3.10. The van der Waals surface area contributed by atoms with Crippen molar-refractivity contribution >= 4 is 22.5 Å². The van der Waals surface area contributed by atoms with Crippen LogP contribution >= 0.6 is 0 Å². The molecule has 0 atom stereocenters. The zero-order chi connectivity index (χ0) is 16.6. The van der Waals surface area contributed by atoms with Crippen molar-refractivity contribution in [3.05, 3.63) is 69.3 Å². The number of hydrogen-bond donors (Lipinski definition) is 2. The first-order chi connectivity index (χ1) is 11.0. The van der Waals surface area contributed by atoms with E-state index in [1.807, 2.05) is 32.9 Å². The fourth-order valence-corrected chi connectivity index (χ4v) is 2.61. The van der Waals surface area contributed by atoms with Gasteiger partial charge in [-0.15, -0.1) is 0 Å². The molecule has 2 aromatic heterocycles. The molecule has 0 saturated heterocycles. The third-order valence-electron chi connectivity index (χ3n) is 3.93. The van der Waals surface area contributed by atoms with Gasteiger partial charge in [0.05, 0.1) is 5.56 Å². The van der Waals surface area contributed by atoms with Gasteiger partial charge in [-0.1, -0.05) is 0 Å². The molecule has 116 valence electrons. The zero-order valence-corrected chi connectivity index (χ0v) is 13.2. The van der Waals surface area contributed by atoms with Crippen LogP contribution in [-0.4, -0.2) is 15.9 Å². The molecule has 0 fully saturated rings. The highest BCUT2D eigenvalue weighted by molar-refractivity contribution is 6.06. The molecule has 0 radical (unpaired) electrons. The van der Waals surface area contributed by atoms with Gasteiger partial charge in [0.25, 0.3) is 5.91 Å². The summed E-state index contributed by atoms with van der Waals surface area (Å²) in [4.78, 5) is 30.8. The van der Waals surface area contributed by atoms with Crippen molar-refractivity contribution in [3.8, 4) is 0 Å². The van der Waals surface area contributed by atoms with Crippen LogP contribution in [0.4, 0.5) is 5.69 Å². The number of fused-ring (bicyclic) bond motifs is 1. The molecule has 1 amide bonds. The molecule has 5 nitrogen and oxygen atoms in total. The van der Waals surface area contributed by atoms with E-state index in [0.717, 1.165) is 33.3 Å². The first kappa shape index (κ1) is 15.0. The Hall–Kier alpha value is -2.95. The van der Waals surface area contributed by atoms with Crippen LogP contribution in [0.1, 0.15) is 27.0 Å². The summed E-state index contributed by atoms with van der Waals surface area (Å²) < 4.78 is 0. The van der Waals surface area contributed by atoms with E-state index >= 15 is 0 Å². The molecule has 1 aromatic carbocycles. The first-order valence-electron chi connectivity index (χ1n) is 7.32. The maximum Gasteiger partial charge on any atom is 0.257 e. The predicted molar refractivity (Wildman–Crippen MR) is 91.0 cm³/mol. The van der Waals surface area contributed by atoms with E-state index in [4.69, 9.17) is 0 Å². The number of pyridine rings is 2. The number of benzene rings is 1. The van der Waals surface area contributed by atoms with E-state index in [0.29, 0.717) is 5.56 Å². The minimum Gasteiger partial charge on any atom is -0.322 e. The third kappa shape index (κ3) is 2.85. The average Bonchev–Trinajstić information content (AvgIpc) is 2.49. The number of hydrogen-bond acceptors (Lipinski definition) is 3. The SMILES string of the molecule is Cc1cc2[nH]c(=O)cc(C)c2cc1NC(=O)c1cnccc1C. The molecule has 0 aliphatic rings. The van der Waals surface area contributed by atoms with Crippen molar-refractivity contribution in [2.45, 2.75) is 20.8 Å². The van der Waals surface area contributed by atoms with Crippen molar-refractivity contribution < 1.29 is 4.79 Å². The Morgan fingerprint density at radius 2 is 1.87 bits per heavy atom. The third-order valence-corrected chi connectivity index (χ3v) is 3.93. The number of aromatic nitrogens is 2. The van der Waals surface area contributed by atoms with Crippen LogP contribution in [0.25, 0.3) is 10.9 Å². The van der Waals surface area contributed by atoms with Gasteiger partial charge in [0, 0.05) is 35.1 Å². The Morgan fingerprint density at radius 3 is 2.61 bits per heavy atom. The van der Waals surface area contributed by atoms with Gasteiger partial charge in [-0.2, -0.15) is 0 Å². The van der Waals surface area contributed by atoms with E-state index in [1.165, 1.54) is 0 Å². The normalized spacial score (nSPS) is 10.7. The van der Waals surface area contributed by atoms with Crippen LogP contribution in [0.5, 0.6) is 0 Å². The quantitative estimate of drug-likeness (QED) is 0.764. The second-order valence-electron chi connectivity index (χ2n) is 5.67. The number of H-pyrrole nitrogens is 1. The van der Waals surface area contributed by atoms with Gasteiger partial charge < -0.3 is 10.3 Å². The van der Waals surface area contributed by atoms with Crippen LogP contribution in [0.2, 0.25) is 0 Å². The molecule has 0 aliphatic heterocycles. The lowest BCUT2D eigenvalue weighted by Gasteiger charge is -2.12. The number of aryl methyl sites for hydroxylation is 3. The van der Waals surface area contributed by atoms with Crippen LogP contribution in [0, 0.1) is 20.8 Å². The number of anilines is 1. The maximum absolute atomic E-state index is 12.5. The van der Waals surface area contributed by atoms with Gasteiger partial charge in [0.15, 0.2) is 0 Å². The lowest BCUT2D eigenvalue weighted by Crippen LogP contribution is -2.15. The van der Waals surface area contributed by atoms with Crippen molar-refractivity contribution in [2.75, 3.05) is 5.32 Å².